The molecule has 1 aromatic heterocycles. The van der Waals surface area contributed by atoms with E-state index in [-0.39, 0.29) is 17.1 Å². The van der Waals surface area contributed by atoms with Crippen LogP contribution in [0.5, 0.6) is 11.5 Å². The van der Waals surface area contributed by atoms with Crippen molar-refractivity contribution >= 4 is 23.1 Å². The zero-order chi connectivity index (χ0) is 16.4. The average molecular weight is 308 g/mol. The van der Waals surface area contributed by atoms with Gasteiger partial charge < -0.3 is 10.2 Å². The molecule has 0 atom stereocenters. The molecule has 0 spiro atoms. The van der Waals surface area contributed by atoms with Crippen molar-refractivity contribution in [3.63, 3.8) is 0 Å². The highest BCUT2D eigenvalue weighted by atomic mass is 16.3. The van der Waals surface area contributed by atoms with Crippen molar-refractivity contribution in [2.24, 2.45) is 0 Å². The summed E-state index contributed by atoms with van der Waals surface area (Å²) < 4.78 is 1.60. The van der Waals surface area contributed by atoms with Crippen LogP contribution in [0, 0.1) is 0 Å². The molecule has 2 N–H and O–H groups in total. The molecule has 0 saturated heterocycles. The minimum Gasteiger partial charge on any atom is -0.504 e. The average Bonchev–Trinajstić information content (AvgIpc) is 2.56. The first-order chi connectivity index (χ1) is 11.1. The third kappa shape index (κ3) is 2.81. The fourth-order valence-corrected chi connectivity index (χ4v) is 2.43. The van der Waals surface area contributed by atoms with Crippen LogP contribution < -0.4 is 5.56 Å². The van der Waals surface area contributed by atoms with Crippen LogP contribution in [0.3, 0.4) is 0 Å². The molecule has 116 valence electrons. The molecule has 5 heteroatoms. The van der Waals surface area contributed by atoms with Crippen LogP contribution in [-0.2, 0) is 6.54 Å². The standard InChI is InChI=1S/C18H16N2O3/c1-2-20-17(10-8-12-7-9-15(21)16(22)11-12)19-14-6-4-3-5-13(14)18(20)23/h3-11,21-22H,2H2,1H3/b10-8+. The number of fused-ring (bicyclic) bond motifs is 1. The van der Waals surface area contributed by atoms with Crippen LogP contribution in [0.1, 0.15) is 18.3 Å². The third-order valence-electron chi connectivity index (χ3n) is 3.63. The number of aromatic hydroxyl groups is 2. The van der Waals surface area contributed by atoms with Gasteiger partial charge in [0.05, 0.1) is 10.9 Å². The van der Waals surface area contributed by atoms with Crippen LogP contribution in [-0.4, -0.2) is 19.8 Å². The Kier molecular flexibility index (Phi) is 3.85. The van der Waals surface area contributed by atoms with Crippen LogP contribution >= 0.6 is 0 Å². The molecule has 23 heavy (non-hydrogen) atoms. The number of hydrogen-bond acceptors (Lipinski definition) is 4. The van der Waals surface area contributed by atoms with Gasteiger partial charge in [0.25, 0.3) is 5.56 Å². The molecule has 0 aliphatic rings. The van der Waals surface area contributed by atoms with Crippen molar-refractivity contribution in [1.82, 2.24) is 9.55 Å². The van der Waals surface area contributed by atoms with E-state index in [4.69, 9.17) is 0 Å². The number of hydrogen-bond donors (Lipinski definition) is 2. The Balaban J connectivity index is 2.10. The summed E-state index contributed by atoms with van der Waals surface area (Å²) in [6.45, 7) is 2.40. The summed E-state index contributed by atoms with van der Waals surface area (Å²) in [4.78, 5) is 17.0. The predicted molar refractivity (Wildman–Crippen MR) is 90.4 cm³/mol. The Morgan fingerprint density at radius 1 is 1.09 bits per heavy atom. The lowest BCUT2D eigenvalue weighted by Crippen LogP contribution is -2.22. The molecular formula is C18H16N2O3. The molecule has 0 amide bonds. The van der Waals surface area contributed by atoms with Crippen molar-refractivity contribution in [1.29, 1.82) is 0 Å². The molecule has 0 unspecified atom stereocenters. The monoisotopic (exact) mass is 308 g/mol. The lowest BCUT2D eigenvalue weighted by molar-refractivity contribution is 0.403. The van der Waals surface area contributed by atoms with Gasteiger partial charge in [-0.1, -0.05) is 24.3 Å². The van der Waals surface area contributed by atoms with Gasteiger partial charge in [0, 0.05) is 6.54 Å². The smallest absolute Gasteiger partial charge is 0.261 e. The fourth-order valence-electron chi connectivity index (χ4n) is 2.43. The van der Waals surface area contributed by atoms with Gasteiger partial charge in [-0.15, -0.1) is 0 Å². The lowest BCUT2D eigenvalue weighted by atomic mass is 10.2. The van der Waals surface area contributed by atoms with E-state index in [1.54, 1.807) is 34.9 Å². The Hall–Kier alpha value is -3.08. The maximum absolute atomic E-state index is 12.5. The SMILES string of the molecule is CCn1c(/C=C/c2ccc(O)c(O)c2)nc2ccccc2c1=O. The summed E-state index contributed by atoms with van der Waals surface area (Å²) in [5.74, 6) is 0.187. The second-order valence-electron chi connectivity index (χ2n) is 5.12. The van der Waals surface area contributed by atoms with Gasteiger partial charge in [0.2, 0.25) is 0 Å². The quantitative estimate of drug-likeness (QED) is 0.729. The number of phenolic OH excluding ortho intramolecular Hbond substituents is 2. The summed E-state index contributed by atoms with van der Waals surface area (Å²) in [6.07, 6.45) is 3.46. The second-order valence-corrected chi connectivity index (χ2v) is 5.12. The summed E-state index contributed by atoms with van der Waals surface area (Å²) >= 11 is 0. The van der Waals surface area contributed by atoms with Gasteiger partial charge >= 0.3 is 0 Å². The van der Waals surface area contributed by atoms with E-state index in [2.05, 4.69) is 4.98 Å². The van der Waals surface area contributed by atoms with Gasteiger partial charge in [-0.3, -0.25) is 9.36 Å². The summed E-state index contributed by atoms with van der Waals surface area (Å²) in [5, 5.41) is 19.5. The molecule has 0 aliphatic carbocycles. The van der Waals surface area contributed by atoms with Crippen molar-refractivity contribution in [3.05, 3.63) is 64.2 Å². The Bertz CT molecular complexity index is 958. The molecule has 3 rings (SSSR count). The number of para-hydroxylation sites is 1. The first kappa shape index (κ1) is 14.8. The highest BCUT2D eigenvalue weighted by molar-refractivity contribution is 5.79. The van der Waals surface area contributed by atoms with Crippen LogP contribution in [0.25, 0.3) is 23.1 Å². The molecule has 2 aromatic carbocycles. The van der Waals surface area contributed by atoms with Crippen molar-refractivity contribution in [2.45, 2.75) is 13.5 Å². The van der Waals surface area contributed by atoms with Gasteiger partial charge in [-0.25, -0.2) is 4.98 Å². The largest absolute Gasteiger partial charge is 0.504 e. The number of phenols is 2. The molecular weight excluding hydrogens is 292 g/mol. The second kappa shape index (κ2) is 5.96. The Morgan fingerprint density at radius 2 is 1.87 bits per heavy atom. The molecule has 3 aromatic rings. The highest BCUT2D eigenvalue weighted by Crippen LogP contribution is 2.25. The maximum Gasteiger partial charge on any atom is 0.261 e. The van der Waals surface area contributed by atoms with E-state index in [9.17, 15) is 15.0 Å². The van der Waals surface area contributed by atoms with E-state index < -0.39 is 0 Å². The first-order valence-electron chi connectivity index (χ1n) is 7.30. The number of aromatic nitrogens is 2. The zero-order valence-corrected chi connectivity index (χ0v) is 12.6. The summed E-state index contributed by atoms with van der Waals surface area (Å²) in [5.41, 5.74) is 1.27. The number of benzene rings is 2. The van der Waals surface area contributed by atoms with E-state index in [0.29, 0.717) is 28.8 Å². The van der Waals surface area contributed by atoms with Gasteiger partial charge in [0.1, 0.15) is 5.82 Å². The van der Waals surface area contributed by atoms with Crippen LogP contribution in [0.15, 0.2) is 47.3 Å². The predicted octanol–water partition coefficient (Wildman–Crippen LogP) is 3.00. The van der Waals surface area contributed by atoms with Crippen molar-refractivity contribution in [2.75, 3.05) is 0 Å². The first-order valence-corrected chi connectivity index (χ1v) is 7.30. The van der Waals surface area contributed by atoms with Crippen molar-refractivity contribution in [3.8, 4) is 11.5 Å². The maximum atomic E-state index is 12.5. The molecule has 0 saturated carbocycles. The molecule has 0 radical (unpaired) electrons. The Labute approximate surface area is 132 Å². The molecule has 0 fully saturated rings. The molecule has 0 aliphatic heterocycles. The Morgan fingerprint density at radius 3 is 2.61 bits per heavy atom. The molecule has 5 nitrogen and oxygen atoms in total. The topological polar surface area (TPSA) is 75.3 Å². The van der Waals surface area contributed by atoms with Gasteiger partial charge in [-0.05, 0) is 42.8 Å². The minimum atomic E-state index is -0.188. The lowest BCUT2D eigenvalue weighted by Gasteiger charge is -2.08. The van der Waals surface area contributed by atoms with E-state index in [0.717, 1.165) is 0 Å². The fraction of sp³-hybridized carbons (Fsp3) is 0.111. The summed E-state index contributed by atoms with van der Waals surface area (Å²) in [6, 6.07) is 11.8. The van der Waals surface area contributed by atoms with Crippen LogP contribution in [0.4, 0.5) is 0 Å². The molecule has 0 bridgehead atoms. The number of nitrogens with zero attached hydrogens (tertiary/aromatic N) is 2. The van der Waals surface area contributed by atoms with E-state index in [1.807, 2.05) is 19.1 Å². The minimum absolute atomic E-state index is 0.0775. The normalized spacial score (nSPS) is 11.3. The number of rotatable bonds is 3. The van der Waals surface area contributed by atoms with Gasteiger partial charge in [-0.2, -0.15) is 0 Å². The summed E-state index contributed by atoms with van der Waals surface area (Å²) in [7, 11) is 0. The van der Waals surface area contributed by atoms with E-state index in [1.165, 1.54) is 12.1 Å². The molecule has 1 heterocycles. The van der Waals surface area contributed by atoms with Crippen LogP contribution in [0.2, 0.25) is 0 Å². The van der Waals surface area contributed by atoms with Crippen molar-refractivity contribution < 1.29 is 10.2 Å². The van der Waals surface area contributed by atoms with E-state index >= 15 is 0 Å². The highest BCUT2D eigenvalue weighted by Gasteiger charge is 2.07. The van der Waals surface area contributed by atoms with Gasteiger partial charge in [0.15, 0.2) is 11.5 Å². The zero-order valence-electron chi connectivity index (χ0n) is 12.6. The third-order valence-corrected chi connectivity index (χ3v) is 3.63.